The van der Waals surface area contributed by atoms with Crippen molar-refractivity contribution in [2.24, 2.45) is 0 Å². The van der Waals surface area contributed by atoms with Crippen molar-refractivity contribution in [1.29, 1.82) is 5.26 Å². The minimum absolute atomic E-state index is 0.0267. The normalized spacial score (nSPS) is 18.6. The van der Waals surface area contributed by atoms with Crippen LogP contribution in [-0.2, 0) is 9.47 Å². The van der Waals surface area contributed by atoms with Crippen LogP contribution in [-0.4, -0.2) is 51.4 Å². The van der Waals surface area contributed by atoms with Crippen molar-refractivity contribution < 1.29 is 27.8 Å². The molecule has 1 amide bonds. The Morgan fingerprint density at radius 2 is 1.90 bits per heavy atom. The fourth-order valence-electron chi connectivity index (χ4n) is 5.12. The van der Waals surface area contributed by atoms with Crippen molar-refractivity contribution in [1.82, 2.24) is 14.5 Å². The average molecular weight is 617 g/mol. The van der Waals surface area contributed by atoms with Gasteiger partial charge in [-0.25, -0.2) is 18.6 Å². The molecule has 3 aromatic rings. The first-order valence-corrected chi connectivity index (χ1v) is 13.6. The number of rotatable bonds is 3. The zero-order valence-electron chi connectivity index (χ0n) is 22.2. The van der Waals surface area contributed by atoms with Crippen LogP contribution in [0.3, 0.4) is 0 Å². The molecule has 2 fully saturated rings. The maximum Gasteiger partial charge on any atom is 0.410 e. The van der Waals surface area contributed by atoms with Gasteiger partial charge in [0.2, 0.25) is 0 Å². The van der Waals surface area contributed by atoms with Crippen LogP contribution in [0.25, 0.3) is 10.9 Å². The molecule has 0 radical (unpaired) electrons. The quantitative estimate of drug-likeness (QED) is 0.364. The van der Waals surface area contributed by atoms with Crippen LogP contribution in [0.4, 0.5) is 13.6 Å². The standard InChI is InChI=1S/C28H27BrF2N4O5/c1-27(2,3)40-26(37)34-10-8-28(9-11-34)12-16(14-38-28)35-15-33-20-6-7-21(23(29)22(20)25(35)36)39-24-17(13-32)18(30)4-5-19(24)31/h4-7,15-16H,8-12,14H2,1-3H3/t16-/m0/s1. The smallest absolute Gasteiger partial charge is 0.410 e. The Kier molecular flexibility index (Phi) is 7.31. The molecular formula is C28H27BrF2N4O5. The van der Waals surface area contributed by atoms with Crippen LogP contribution >= 0.6 is 15.9 Å². The molecule has 2 aliphatic heterocycles. The number of carbonyl (C=O) groups is 1. The zero-order chi connectivity index (χ0) is 28.8. The molecule has 0 unspecified atom stereocenters. The molecule has 0 bridgehead atoms. The van der Waals surface area contributed by atoms with Crippen LogP contribution < -0.4 is 10.3 Å². The van der Waals surface area contributed by atoms with Crippen molar-refractivity contribution in [2.45, 2.75) is 57.3 Å². The first-order chi connectivity index (χ1) is 18.9. The molecule has 40 heavy (non-hydrogen) atoms. The Morgan fingerprint density at radius 3 is 2.58 bits per heavy atom. The molecule has 1 aromatic heterocycles. The van der Waals surface area contributed by atoms with Crippen LogP contribution in [0.1, 0.15) is 51.6 Å². The van der Waals surface area contributed by atoms with E-state index in [-0.39, 0.29) is 33.3 Å². The molecule has 1 atom stereocenters. The number of likely N-dealkylation sites (tertiary alicyclic amines) is 1. The molecular weight excluding hydrogens is 590 g/mol. The van der Waals surface area contributed by atoms with Crippen LogP contribution in [0.5, 0.6) is 11.5 Å². The lowest BCUT2D eigenvalue weighted by molar-refractivity contribution is -0.0486. The molecule has 12 heteroatoms. The van der Waals surface area contributed by atoms with E-state index in [9.17, 15) is 23.6 Å². The Morgan fingerprint density at radius 1 is 1.20 bits per heavy atom. The second-order valence-electron chi connectivity index (χ2n) is 11.0. The average Bonchev–Trinajstić information content (AvgIpc) is 3.30. The topological polar surface area (TPSA) is 107 Å². The van der Waals surface area contributed by atoms with Gasteiger partial charge >= 0.3 is 6.09 Å². The second-order valence-corrected chi connectivity index (χ2v) is 11.8. The number of benzene rings is 2. The summed E-state index contributed by atoms with van der Waals surface area (Å²) in [5.41, 5.74) is -1.61. The fraction of sp³-hybridized carbons (Fsp3) is 0.429. The summed E-state index contributed by atoms with van der Waals surface area (Å²) in [6.45, 7) is 6.75. The Hall–Kier alpha value is -3.56. The van der Waals surface area contributed by atoms with E-state index in [1.165, 1.54) is 23.0 Å². The van der Waals surface area contributed by atoms with Crippen LogP contribution in [0.2, 0.25) is 0 Å². The molecule has 3 heterocycles. The summed E-state index contributed by atoms with van der Waals surface area (Å²) < 4.78 is 47.5. The molecule has 2 aromatic carbocycles. The Bertz CT molecular complexity index is 1590. The number of halogens is 3. The number of nitriles is 1. The van der Waals surface area contributed by atoms with Gasteiger partial charge in [-0.1, -0.05) is 0 Å². The maximum atomic E-state index is 14.4. The molecule has 1 spiro atoms. The van der Waals surface area contributed by atoms with Crippen molar-refractivity contribution in [3.63, 3.8) is 0 Å². The Labute approximate surface area is 237 Å². The van der Waals surface area contributed by atoms with Crippen molar-refractivity contribution >= 4 is 32.9 Å². The van der Waals surface area contributed by atoms with Gasteiger partial charge in [-0.05, 0) is 80.2 Å². The summed E-state index contributed by atoms with van der Waals surface area (Å²) in [5.74, 6) is -2.39. The number of aromatic nitrogens is 2. The lowest BCUT2D eigenvalue weighted by Gasteiger charge is -2.39. The van der Waals surface area contributed by atoms with Gasteiger partial charge in [0.05, 0.1) is 40.0 Å². The van der Waals surface area contributed by atoms with E-state index in [1.807, 2.05) is 20.8 Å². The molecule has 5 rings (SSSR count). The monoisotopic (exact) mass is 616 g/mol. The highest BCUT2D eigenvalue weighted by Gasteiger charge is 2.45. The summed E-state index contributed by atoms with van der Waals surface area (Å²) in [6, 6.07) is 6.02. The molecule has 210 valence electrons. The minimum atomic E-state index is -0.924. The number of piperidine rings is 1. The number of hydrogen-bond donors (Lipinski definition) is 0. The van der Waals surface area contributed by atoms with Crippen molar-refractivity contribution in [3.05, 3.63) is 62.6 Å². The van der Waals surface area contributed by atoms with E-state index in [0.717, 1.165) is 12.1 Å². The molecule has 0 saturated carbocycles. The van der Waals surface area contributed by atoms with Gasteiger partial charge < -0.3 is 19.1 Å². The van der Waals surface area contributed by atoms with E-state index in [2.05, 4.69) is 20.9 Å². The highest BCUT2D eigenvalue weighted by molar-refractivity contribution is 9.10. The summed E-state index contributed by atoms with van der Waals surface area (Å²) in [6.07, 6.45) is 2.91. The van der Waals surface area contributed by atoms with E-state index < -0.39 is 34.1 Å². The number of amides is 1. The zero-order valence-corrected chi connectivity index (χ0v) is 23.8. The second kappa shape index (κ2) is 10.4. The fourth-order valence-corrected chi connectivity index (χ4v) is 5.71. The van der Waals surface area contributed by atoms with E-state index in [4.69, 9.17) is 14.2 Å². The number of hydrogen-bond acceptors (Lipinski definition) is 7. The first kappa shape index (κ1) is 28.0. The maximum absolute atomic E-state index is 14.4. The summed E-state index contributed by atoms with van der Waals surface area (Å²) >= 11 is 3.38. The highest BCUT2D eigenvalue weighted by atomic mass is 79.9. The van der Waals surface area contributed by atoms with Crippen molar-refractivity contribution in [2.75, 3.05) is 19.7 Å². The third-order valence-electron chi connectivity index (χ3n) is 7.15. The third-order valence-corrected chi connectivity index (χ3v) is 7.93. The highest BCUT2D eigenvalue weighted by Crippen LogP contribution is 2.41. The SMILES string of the molecule is CC(C)(C)OC(=O)N1CCC2(CC1)C[C@H](n1cnc3ccc(Oc4c(F)ccc(F)c4C#N)c(Br)c3c1=O)CO2. The van der Waals surface area contributed by atoms with E-state index >= 15 is 0 Å². The summed E-state index contributed by atoms with van der Waals surface area (Å²) in [5, 5.41) is 9.48. The van der Waals surface area contributed by atoms with Gasteiger partial charge in [0, 0.05) is 13.1 Å². The summed E-state index contributed by atoms with van der Waals surface area (Å²) in [4.78, 5) is 32.2. The number of nitrogens with zero attached hydrogens (tertiary/aromatic N) is 4. The molecule has 2 aliphatic rings. The molecule has 9 nitrogen and oxygen atoms in total. The van der Waals surface area contributed by atoms with Gasteiger partial charge in [-0.15, -0.1) is 0 Å². The number of carbonyl (C=O) groups excluding carboxylic acids is 1. The van der Waals surface area contributed by atoms with Crippen molar-refractivity contribution in [3.8, 4) is 17.6 Å². The molecule has 2 saturated heterocycles. The van der Waals surface area contributed by atoms with E-state index in [1.54, 1.807) is 11.0 Å². The molecule has 0 N–H and O–H groups in total. The van der Waals surface area contributed by atoms with Gasteiger partial charge in [0.15, 0.2) is 11.6 Å². The largest absolute Gasteiger partial charge is 0.452 e. The van der Waals surface area contributed by atoms with Gasteiger partial charge in [-0.2, -0.15) is 5.26 Å². The number of fused-ring (bicyclic) bond motifs is 1. The summed E-state index contributed by atoms with van der Waals surface area (Å²) in [7, 11) is 0. The first-order valence-electron chi connectivity index (χ1n) is 12.8. The lowest BCUT2D eigenvalue weighted by Crippen LogP contribution is -2.48. The predicted octanol–water partition coefficient (Wildman–Crippen LogP) is 5.83. The van der Waals surface area contributed by atoms with Crippen LogP contribution in [0, 0.1) is 23.0 Å². The van der Waals surface area contributed by atoms with Gasteiger partial charge in [0.25, 0.3) is 5.56 Å². The minimum Gasteiger partial charge on any atom is -0.452 e. The van der Waals surface area contributed by atoms with Gasteiger partial charge in [0.1, 0.15) is 28.8 Å². The van der Waals surface area contributed by atoms with Gasteiger partial charge in [-0.3, -0.25) is 9.36 Å². The number of ether oxygens (including phenoxy) is 3. The Balaban J connectivity index is 1.38. The van der Waals surface area contributed by atoms with Crippen LogP contribution in [0.15, 0.2) is 39.9 Å². The van der Waals surface area contributed by atoms with E-state index in [0.29, 0.717) is 44.5 Å². The molecule has 0 aliphatic carbocycles. The lowest BCUT2D eigenvalue weighted by atomic mass is 9.87. The third kappa shape index (κ3) is 5.28. The predicted molar refractivity (Wildman–Crippen MR) is 144 cm³/mol.